The van der Waals surface area contributed by atoms with E-state index in [2.05, 4.69) is 5.32 Å². The molecule has 0 fully saturated rings. The fourth-order valence-corrected chi connectivity index (χ4v) is 1.92. The first kappa shape index (κ1) is 14.0. The molecule has 0 saturated heterocycles. The third-order valence-electron chi connectivity index (χ3n) is 2.77. The maximum absolute atomic E-state index is 12.5. The second-order valence-electron chi connectivity index (χ2n) is 4.28. The van der Waals surface area contributed by atoms with Crippen LogP contribution in [-0.4, -0.2) is 0 Å². The summed E-state index contributed by atoms with van der Waals surface area (Å²) in [6.45, 7) is 1.24. The van der Waals surface area contributed by atoms with E-state index in [-0.39, 0.29) is 5.56 Å². The molecule has 0 aliphatic heterocycles. The molecule has 0 aliphatic carbocycles. The van der Waals surface area contributed by atoms with Gasteiger partial charge in [0, 0.05) is 23.7 Å². The number of hydrogen-bond donors (Lipinski definition) is 1. The van der Waals surface area contributed by atoms with Gasteiger partial charge in [0.05, 0.1) is 0 Å². The molecule has 0 amide bonds. The molecule has 0 aromatic heterocycles. The summed E-state index contributed by atoms with van der Waals surface area (Å²) in [5.41, 5.74) is 2.02. The van der Waals surface area contributed by atoms with Gasteiger partial charge >= 0.3 is 0 Å². The Labute approximate surface area is 116 Å². The predicted molar refractivity (Wildman–Crippen MR) is 73.4 cm³/mol. The van der Waals surface area contributed by atoms with Gasteiger partial charge in [-0.2, -0.15) is 0 Å². The molecule has 0 heterocycles. The largest absolute Gasteiger partial charge is 0.309 e. The van der Waals surface area contributed by atoms with E-state index in [9.17, 15) is 8.78 Å². The zero-order chi connectivity index (χ0) is 13.7. The van der Waals surface area contributed by atoms with Crippen LogP contribution in [0.4, 0.5) is 8.78 Å². The number of rotatable bonds is 5. The Bertz CT molecular complexity index is 526. The molecule has 0 spiro atoms. The van der Waals surface area contributed by atoms with E-state index in [0.29, 0.717) is 18.1 Å². The highest BCUT2D eigenvalue weighted by molar-refractivity contribution is 6.30. The molecule has 0 radical (unpaired) electrons. The quantitative estimate of drug-likeness (QED) is 0.847. The van der Waals surface area contributed by atoms with Gasteiger partial charge in [-0.3, -0.25) is 0 Å². The molecule has 0 unspecified atom stereocenters. The summed E-state index contributed by atoms with van der Waals surface area (Å²) in [5, 5.41) is 3.92. The third-order valence-corrected chi connectivity index (χ3v) is 3.03. The van der Waals surface area contributed by atoms with E-state index >= 15 is 0 Å². The monoisotopic (exact) mass is 281 g/mol. The standard InChI is InChI=1S/C15H14ClF2N/c16-14-6-4-11(5-7-14)9-19-10-12-2-1-3-13(8-12)15(17)18/h1-8,15,19H,9-10H2. The molecule has 0 bridgehead atoms. The summed E-state index contributed by atoms with van der Waals surface area (Å²) < 4.78 is 25.1. The minimum absolute atomic E-state index is 0.0609. The normalized spacial score (nSPS) is 10.9. The molecule has 1 N–H and O–H groups in total. The van der Waals surface area contributed by atoms with E-state index in [0.717, 1.165) is 11.1 Å². The highest BCUT2D eigenvalue weighted by atomic mass is 35.5. The topological polar surface area (TPSA) is 12.0 Å². The molecule has 2 rings (SSSR count). The van der Waals surface area contributed by atoms with Crippen molar-refractivity contribution in [2.45, 2.75) is 19.5 Å². The minimum atomic E-state index is -2.42. The smallest absolute Gasteiger partial charge is 0.263 e. The second-order valence-corrected chi connectivity index (χ2v) is 4.71. The molecule has 19 heavy (non-hydrogen) atoms. The Morgan fingerprint density at radius 2 is 1.63 bits per heavy atom. The molecule has 2 aromatic carbocycles. The summed E-state index contributed by atoms with van der Waals surface area (Å²) in [5.74, 6) is 0. The zero-order valence-corrected chi connectivity index (χ0v) is 11.0. The van der Waals surface area contributed by atoms with E-state index in [1.54, 1.807) is 6.07 Å². The number of hydrogen-bond acceptors (Lipinski definition) is 1. The van der Waals surface area contributed by atoms with Crippen LogP contribution in [-0.2, 0) is 13.1 Å². The first-order valence-corrected chi connectivity index (χ1v) is 6.35. The molecule has 0 atom stereocenters. The maximum Gasteiger partial charge on any atom is 0.263 e. The van der Waals surface area contributed by atoms with Crippen LogP contribution in [0.2, 0.25) is 5.02 Å². The van der Waals surface area contributed by atoms with Crippen LogP contribution in [0.3, 0.4) is 0 Å². The Kier molecular flexibility index (Phi) is 4.88. The molecule has 4 heteroatoms. The van der Waals surface area contributed by atoms with Crippen molar-refractivity contribution in [3.05, 3.63) is 70.2 Å². The lowest BCUT2D eigenvalue weighted by Crippen LogP contribution is -2.12. The van der Waals surface area contributed by atoms with Crippen molar-refractivity contribution < 1.29 is 8.78 Å². The Hall–Kier alpha value is -1.45. The lowest BCUT2D eigenvalue weighted by Gasteiger charge is -2.07. The zero-order valence-electron chi connectivity index (χ0n) is 10.2. The number of benzene rings is 2. The van der Waals surface area contributed by atoms with Gasteiger partial charge in [0.1, 0.15) is 0 Å². The van der Waals surface area contributed by atoms with Crippen LogP contribution in [0.1, 0.15) is 23.1 Å². The van der Waals surface area contributed by atoms with Crippen molar-refractivity contribution in [2.75, 3.05) is 0 Å². The van der Waals surface area contributed by atoms with Gasteiger partial charge < -0.3 is 5.32 Å². The number of halogens is 3. The van der Waals surface area contributed by atoms with Crippen molar-refractivity contribution in [3.63, 3.8) is 0 Å². The number of alkyl halides is 2. The van der Waals surface area contributed by atoms with E-state index in [1.807, 2.05) is 30.3 Å². The van der Waals surface area contributed by atoms with Crippen molar-refractivity contribution >= 4 is 11.6 Å². The average molecular weight is 282 g/mol. The first-order valence-electron chi connectivity index (χ1n) is 5.97. The molecular weight excluding hydrogens is 268 g/mol. The van der Waals surface area contributed by atoms with E-state index < -0.39 is 6.43 Å². The lowest BCUT2D eigenvalue weighted by molar-refractivity contribution is 0.151. The molecular formula is C15H14ClF2N. The van der Waals surface area contributed by atoms with Crippen LogP contribution in [0, 0.1) is 0 Å². The van der Waals surface area contributed by atoms with Gasteiger partial charge in [-0.25, -0.2) is 8.78 Å². The molecule has 2 aromatic rings. The van der Waals surface area contributed by atoms with Crippen LogP contribution >= 0.6 is 11.6 Å². The van der Waals surface area contributed by atoms with Crippen LogP contribution in [0.5, 0.6) is 0 Å². The van der Waals surface area contributed by atoms with Crippen molar-refractivity contribution in [1.29, 1.82) is 0 Å². The fraction of sp³-hybridized carbons (Fsp3) is 0.200. The fourth-order valence-electron chi connectivity index (χ4n) is 1.79. The predicted octanol–water partition coefficient (Wildman–Crippen LogP) is 4.57. The Morgan fingerprint density at radius 3 is 2.32 bits per heavy atom. The molecule has 100 valence electrons. The van der Waals surface area contributed by atoms with Gasteiger partial charge in [-0.1, -0.05) is 41.9 Å². The summed E-state index contributed by atoms with van der Waals surface area (Å²) in [4.78, 5) is 0. The minimum Gasteiger partial charge on any atom is -0.309 e. The Morgan fingerprint density at radius 1 is 0.947 bits per heavy atom. The highest BCUT2D eigenvalue weighted by Crippen LogP contribution is 2.19. The third kappa shape index (κ3) is 4.30. The first-order chi connectivity index (χ1) is 9.15. The van der Waals surface area contributed by atoms with Crippen LogP contribution in [0.15, 0.2) is 48.5 Å². The van der Waals surface area contributed by atoms with Crippen molar-refractivity contribution in [3.8, 4) is 0 Å². The maximum atomic E-state index is 12.5. The van der Waals surface area contributed by atoms with Gasteiger partial charge in [0.2, 0.25) is 0 Å². The van der Waals surface area contributed by atoms with Crippen LogP contribution < -0.4 is 5.32 Å². The summed E-state index contributed by atoms with van der Waals surface area (Å²) >= 11 is 5.80. The molecule has 1 nitrogen and oxygen atoms in total. The highest BCUT2D eigenvalue weighted by Gasteiger charge is 2.06. The Balaban J connectivity index is 1.88. The summed E-state index contributed by atoms with van der Waals surface area (Å²) in [7, 11) is 0. The van der Waals surface area contributed by atoms with Gasteiger partial charge in [0.25, 0.3) is 6.43 Å². The molecule has 0 saturated carbocycles. The summed E-state index contributed by atoms with van der Waals surface area (Å²) in [6.07, 6.45) is -2.42. The van der Waals surface area contributed by atoms with Crippen LogP contribution in [0.25, 0.3) is 0 Å². The van der Waals surface area contributed by atoms with E-state index in [4.69, 9.17) is 11.6 Å². The average Bonchev–Trinajstić information content (AvgIpc) is 2.41. The molecule has 0 aliphatic rings. The van der Waals surface area contributed by atoms with Gasteiger partial charge in [-0.05, 0) is 29.3 Å². The number of nitrogens with one attached hydrogen (secondary N) is 1. The van der Waals surface area contributed by atoms with E-state index in [1.165, 1.54) is 12.1 Å². The van der Waals surface area contributed by atoms with Gasteiger partial charge in [0.15, 0.2) is 0 Å². The second kappa shape index (κ2) is 6.64. The van der Waals surface area contributed by atoms with Crippen molar-refractivity contribution in [2.24, 2.45) is 0 Å². The van der Waals surface area contributed by atoms with Crippen molar-refractivity contribution in [1.82, 2.24) is 5.32 Å². The summed E-state index contributed by atoms with van der Waals surface area (Å²) in [6, 6.07) is 14.0. The lowest BCUT2D eigenvalue weighted by atomic mass is 10.1. The van der Waals surface area contributed by atoms with Gasteiger partial charge in [-0.15, -0.1) is 0 Å². The SMILES string of the molecule is FC(F)c1cccc(CNCc2ccc(Cl)cc2)c1.